The molecular formula is C16H26N2O3. The molecule has 0 saturated carbocycles. The van der Waals surface area contributed by atoms with Crippen LogP contribution in [0.25, 0.3) is 0 Å². The van der Waals surface area contributed by atoms with Gasteiger partial charge in [-0.1, -0.05) is 13.0 Å². The van der Waals surface area contributed by atoms with Crippen molar-refractivity contribution in [3.8, 4) is 11.5 Å². The zero-order chi connectivity index (χ0) is 15.1. The van der Waals surface area contributed by atoms with Crippen LogP contribution in [0, 0.1) is 0 Å². The number of methoxy groups -OCH3 is 1. The van der Waals surface area contributed by atoms with Crippen LogP contribution in [0.3, 0.4) is 0 Å². The number of ether oxygens (including phenoxy) is 3. The Morgan fingerprint density at radius 1 is 1.43 bits per heavy atom. The highest BCUT2D eigenvalue weighted by atomic mass is 16.5. The van der Waals surface area contributed by atoms with E-state index < -0.39 is 0 Å². The van der Waals surface area contributed by atoms with E-state index in [0.29, 0.717) is 13.2 Å². The summed E-state index contributed by atoms with van der Waals surface area (Å²) in [5.74, 6) is 1.64. The highest BCUT2D eigenvalue weighted by molar-refractivity contribution is 5.41. The number of hydrogen-bond acceptors (Lipinski definition) is 5. The van der Waals surface area contributed by atoms with E-state index in [1.807, 2.05) is 18.2 Å². The maximum Gasteiger partial charge on any atom is 0.126 e. The van der Waals surface area contributed by atoms with E-state index in [0.717, 1.165) is 49.7 Å². The molecule has 1 aliphatic heterocycles. The summed E-state index contributed by atoms with van der Waals surface area (Å²) >= 11 is 0. The first-order chi connectivity index (χ1) is 10.3. The van der Waals surface area contributed by atoms with Gasteiger partial charge in [0.05, 0.1) is 13.7 Å². The molecule has 2 N–H and O–H groups in total. The van der Waals surface area contributed by atoms with Crippen molar-refractivity contribution in [3.05, 3.63) is 23.8 Å². The maximum atomic E-state index is 5.98. The van der Waals surface area contributed by atoms with Crippen LogP contribution >= 0.6 is 0 Å². The number of nitrogens with zero attached hydrogens (tertiary/aromatic N) is 1. The van der Waals surface area contributed by atoms with Crippen LogP contribution < -0.4 is 15.2 Å². The monoisotopic (exact) mass is 294 g/mol. The van der Waals surface area contributed by atoms with Crippen LogP contribution in [0.5, 0.6) is 11.5 Å². The van der Waals surface area contributed by atoms with Gasteiger partial charge in [0.15, 0.2) is 0 Å². The van der Waals surface area contributed by atoms with Crippen LogP contribution in [0.2, 0.25) is 0 Å². The van der Waals surface area contributed by atoms with Gasteiger partial charge >= 0.3 is 0 Å². The molecule has 1 aromatic rings. The van der Waals surface area contributed by atoms with Gasteiger partial charge in [-0.25, -0.2) is 0 Å². The molecule has 1 fully saturated rings. The zero-order valence-electron chi connectivity index (χ0n) is 13.0. The minimum atomic E-state index is 0.121. The Balaban J connectivity index is 1.97. The molecule has 21 heavy (non-hydrogen) atoms. The van der Waals surface area contributed by atoms with E-state index in [-0.39, 0.29) is 6.10 Å². The number of benzene rings is 1. The Morgan fingerprint density at radius 2 is 2.29 bits per heavy atom. The van der Waals surface area contributed by atoms with E-state index in [9.17, 15) is 0 Å². The average molecular weight is 294 g/mol. The molecule has 5 heteroatoms. The van der Waals surface area contributed by atoms with Crippen LogP contribution in [0.15, 0.2) is 18.2 Å². The normalized spacial score (nSPS) is 19.5. The van der Waals surface area contributed by atoms with Crippen molar-refractivity contribution in [1.29, 1.82) is 0 Å². The Hall–Kier alpha value is -1.30. The van der Waals surface area contributed by atoms with E-state index >= 15 is 0 Å². The first-order valence-electron chi connectivity index (χ1n) is 7.60. The lowest BCUT2D eigenvalue weighted by Crippen LogP contribution is -2.44. The minimum absolute atomic E-state index is 0.121. The number of likely N-dealkylation sites (N-methyl/N-ethyl adjacent to an activating group) is 1. The van der Waals surface area contributed by atoms with Crippen molar-refractivity contribution in [2.75, 3.05) is 46.5 Å². The predicted octanol–water partition coefficient (Wildman–Crippen LogP) is 1.30. The van der Waals surface area contributed by atoms with E-state index in [4.69, 9.17) is 19.9 Å². The topological polar surface area (TPSA) is 57.0 Å². The van der Waals surface area contributed by atoms with Gasteiger partial charge in [0.25, 0.3) is 0 Å². The van der Waals surface area contributed by atoms with Crippen molar-refractivity contribution in [1.82, 2.24) is 4.90 Å². The third-order valence-corrected chi connectivity index (χ3v) is 3.78. The fraction of sp³-hybridized carbons (Fsp3) is 0.625. The fourth-order valence-electron chi connectivity index (χ4n) is 2.51. The average Bonchev–Trinajstić information content (AvgIpc) is 2.54. The maximum absolute atomic E-state index is 5.98. The molecule has 0 aromatic heterocycles. The third-order valence-electron chi connectivity index (χ3n) is 3.78. The van der Waals surface area contributed by atoms with Gasteiger partial charge in [-0.15, -0.1) is 0 Å². The van der Waals surface area contributed by atoms with Crippen molar-refractivity contribution >= 4 is 0 Å². The van der Waals surface area contributed by atoms with Crippen molar-refractivity contribution in [2.45, 2.75) is 19.4 Å². The number of morpholine rings is 1. The fourth-order valence-corrected chi connectivity index (χ4v) is 2.51. The molecule has 1 saturated heterocycles. The number of hydrogen-bond donors (Lipinski definition) is 1. The van der Waals surface area contributed by atoms with Crippen molar-refractivity contribution in [2.24, 2.45) is 5.73 Å². The Labute approximate surface area is 127 Å². The molecule has 1 atom stereocenters. The standard InChI is InChI=1S/C16H26N2O3/c1-3-18-8-9-20-15(11-18)12-21-16-10-14(19-2)5-4-13(16)6-7-17/h4-5,10,15H,3,6-9,11-12,17H2,1-2H3. The highest BCUT2D eigenvalue weighted by Gasteiger charge is 2.20. The molecule has 1 unspecified atom stereocenters. The molecule has 5 nitrogen and oxygen atoms in total. The molecule has 0 bridgehead atoms. The van der Waals surface area contributed by atoms with Crippen LogP contribution in [-0.2, 0) is 11.2 Å². The van der Waals surface area contributed by atoms with Gasteiger partial charge in [-0.3, -0.25) is 4.90 Å². The Morgan fingerprint density at radius 3 is 3.00 bits per heavy atom. The van der Waals surface area contributed by atoms with Gasteiger partial charge in [-0.05, 0) is 31.1 Å². The molecular weight excluding hydrogens is 268 g/mol. The second kappa shape index (κ2) is 8.22. The van der Waals surface area contributed by atoms with Gasteiger partial charge in [0.1, 0.15) is 24.2 Å². The lowest BCUT2D eigenvalue weighted by molar-refractivity contribution is -0.0465. The summed E-state index contributed by atoms with van der Waals surface area (Å²) in [6.07, 6.45) is 0.919. The summed E-state index contributed by atoms with van der Waals surface area (Å²) in [6, 6.07) is 5.88. The Kier molecular flexibility index (Phi) is 6.29. The lowest BCUT2D eigenvalue weighted by Gasteiger charge is -2.32. The molecule has 1 aliphatic rings. The summed E-state index contributed by atoms with van der Waals surface area (Å²) in [5, 5.41) is 0. The second-order valence-electron chi connectivity index (χ2n) is 5.21. The first-order valence-corrected chi connectivity index (χ1v) is 7.60. The van der Waals surface area contributed by atoms with Crippen LogP contribution in [0.1, 0.15) is 12.5 Å². The van der Waals surface area contributed by atoms with Gasteiger partial charge in [0.2, 0.25) is 0 Å². The lowest BCUT2D eigenvalue weighted by atomic mass is 10.1. The number of rotatable bonds is 7. The quantitative estimate of drug-likeness (QED) is 0.821. The van der Waals surface area contributed by atoms with Crippen molar-refractivity contribution in [3.63, 3.8) is 0 Å². The molecule has 0 amide bonds. The third kappa shape index (κ3) is 4.59. The molecule has 1 heterocycles. The first kappa shape index (κ1) is 16.1. The van der Waals surface area contributed by atoms with E-state index in [2.05, 4.69) is 11.8 Å². The molecule has 1 aromatic carbocycles. The minimum Gasteiger partial charge on any atom is -0.497 e. The second-order valence-corrected chi connectivity index (χ2v) is 5.21. The van der Waals surface area contributed by atoms with Gasteiger partial charge in [-0.2, -0.15) is 0 Å². The SMILES string of the molecule is CCN1CCOC(COc2cc(OC)ccc2CCN)C1. The molecule has 0 radical (unpaired) electrons. The van der Waals surface area contributed by atoms with Gasteiger partial charge in [0, 0.05) is 19.2 Å². The highest BCUT2D eigenvalue weighted by Crippen LogP contribution is 2.25. The molecule has 0 aliphatic carbocycles. The summed E-state index contributed by atoms with van der Waals surface area (Å²) in [5.41, 5.74) is 6.77. The zero-order valence-corrected chi connectivity index (χ0v) is 13.0. The molecule has 118 valence electrons. The van der Waals surface area contributed by atoms with Crippen LogP contribution in [-0.4, -0.2) is 57.5 Å². The van der Waals surface area contributed by atoms with Gasteiger partial charge < -0.3 is 19.9 Å². The molecule has 2 rings (SSSR count). The largest absolute Gasteiger partial charge is 0.497 e. The van der Waals surface area contributed by atoms with E-state index in [1.165, 1.54) is 0 Å². The van der Waals surface area contributed by atoms with E-state index in [1.54, 1.807) is 7.11 Å². The van der Waals surface area contributed by atoms with Crippen LogP contribution in [0.4, 0.5) is 0 Å². The summed E-state index contributed by atoms with van der Waals surface area (Å²) in [7, 11) is 1.66. The summed E-state index contributed by atoms with van der Waals surface area (Å²) < 4.78 is 17.0. The summed E-state index contributed by atoms with van der Waals surface area (Å²) in [6.45, 7) is 7.09. The van der Waals surface area contributed by atoms with Crippen molar-refractivity contribution < 1.29 is 14.2 Å². The smallest absolute Gasteiger partial charge is 0.126 e. The summed E-state index contributed by atoms with van der Waals surface area (Å²) in [4.78, 5) is 2.38. The predicted molar refractivity (Wildman–Crippen MR) is 83.1 cm³/mol. The molecule has 0 spiro atoms. The Bertz CT molecular complexity index is 440. The number of nitrogens with two attached hydrogens (primary N) is 1.